The molecule has 0 bridgehead atoms. The molecule has 5 N–H and O–H groups in total. The summed E-state index contributed by atoms with van der Waals surface area (Å²) in [7, 11) is 0. The van der Waals surface area contributed by atoms with Crippen LogP contribution in [0, 0.1) is 0 Å². The Morgan fingerprint density at radius 1 is 0.950 bits per heavy atom. The SMILES string of the molecule is O=C(Nc1ccc(C2CCNCC2)cc1C1=CCCCC1)c1ncn[nH]1.O=C(O)C(F)(F)F.O=C(O)C(F)(F)F. The second kappa shape index (κ2) is 14.4. The van der Waals surface area contributed by atoms with Gasteiger partial charge in [0.05, 0.1) is 0 Å². The van der Waals surface area contributed by atoms with Crippen LogP contribution in [0.3, 0.4) is 0 Å². The van der Waals surface area contributed by atoms with Gasteiger partial charge in [0.1, 0.15) is 6.33 Å². The fraction of sp³-hybridized carbons (Fsp3) is 0.458. The van der Waals surface area contributed by atoms with Crippen molar-refractivity contribution in [2.24, 2.45) is 0 Å². The lowest BCUT2D eigenvalue weighted by molar-refractivity contribution is -0.193. The zero-order valence-electron chi connectivity index (χ0n) is 20.9. The van der Waals surface area contributed by atoms with E-state index in [0.29, 0.717) is 5.92 Å². The van der Waals surface area contributed by atoms with E-state index in [1.54, 1.807) is 0 Å². The fourth-order valence-electron chi connectivity index (χ4n) is 3.92. The van der Waals surface area contributed by atoms with Crippen molar-refractivity contribution in [1.82, 2.24) is 20.5 Å². The summed E-state index contributed by atoms with van der Waals surface area (Å²) < 4.78 is 63.5. The van der Waals surface area contributed by atoms with Crippen molar-refractivity contribution >= 4 is 29.1 Å². The van der Waals surface area contributed by atoms with Gasteiger partial charge in [-0.3, -0.25) is 9.89 Å². The van der Waals surface area contributed by atoms with Crippen LogP contribution < -0.4 is 10.6 Å². The summed E-state index contributed by atoms with van der Waals surface area (Å²) in [4.78, 5) is 34.2. The molecule has 0 atom stereocenters. The van der Waals surface area contributed by atoms with Crippen molar-refractivity contribution in [2.45, 2.75) is 56.8 Å². The maximum Gasteiger partial charge on any atom is 0.490 e. The maximum atomic E-state index is 12.4. The number of allylic oxidation sites excluding steroid dienone is 2. The Bertz CT molecular complexity index is 1150. The highest BCUT2D eigenvalue weighted by Gasteiger charge is 2.38. The number of nitrogens with zero attached hydrogens (tertiary/aromatic N) is 2. The van der Waals surface area contributed by atoms with E-state index >= 15 is 0 Å². The van der Waals surface area contributed by atoms with E-state index in [-0.39, 0.29) is 11.7 Å². The van der Waals surface area contributed by atoms with E-state index in [1.807, 2.05) is 0 Å². The highest BCUT2D eigenvalue weighted by Crippen LogP contribution is 2.35. The predicted molar refractivity (Wildman–Crippen MR) is 129 cm³/mol. The molecule has 2 aliphatic rings. The number of rotatable bonds is 4. The predicted octanol–water partition coefficient (Wildman–Crippen LogP) is 4.75. The topological polar surface area (TPSA) is 157 Å². The van der Waals surface area contributed by atoms with Crippen LogP contribution >= 0.6 is 0 Å². The lowest BCUT2D eigenvalue weighted by Crippen LogP contribution is -2.26. The summed E-state index contributed by atoms with van der Waals surface area (Å²) in [5.41, 5.74) is 4.75. The third-order valence-corrected chi connectivity index (χ3v) is 5.85. The van der Waals surface area contributed by atoms with Crippen molar-refractivity contribution < 1.29 is 50.9 Å². The largest absolute Gasteiger partial charge is 0.490 e. The molecule has 0 saturated carbocycles. The van der Waals surface area contributed by atoms with Gasteiger partial charge < -0.3 is 20.8 Å². The van der Waals surface area contributed by atoms with E-state index < -0.39 is 24.3 Å². The first-order valence-corrected chi connectivity index (χ1v) is 12.0. The molecular formula is C24H27F6N5O5. The maximum absolute atomic E-state index is 12.4. The van der Waals surface area contributed by atoms with E-state index in [2.05, 4.69) is 50.1 Å². The third kappa shape index (κ3) is 10.3. The molecule has 4 rings (SSSR count). The smallest absolute Gasteiger partial charge is 0.475 e. The van der Waals surface area contributed by atoms with Gasteiger partial charge >= 0.3 is 24.3 Å². The average molecular weight is 579 g/mol. The Kier molecular flexibility index (Phi) is 11.6. The molecule has 16 heteroatoms. The van der Waals surface area contributed by atoms with Gasteiger partial charge in [0.15, 0.2) is 0 Å². The first-order valence-electron chi connectivity index (χ1n) is 12.0. The number of nitrogens with one attached hydrogen (secondary N) is 3. The van der Waals surface area contributed by atoms with E-state index in [9.17, 15) is 31.1 Å². The fourth-order valence-corrected chi connectivity index (χ4v) is 3.92. The van der Waals surface area contributed by atoms with E-state index in [4.69, 9.17) is 19.8 Å². The van der Waals surface area contributed by atoms with Crippen LogP contribution in [0.2, 0.25) is 0 Å². The van der Waals surface area contributed by atoms with Crippen molar-refractivity contribution in [2.75, 3.05) is 18.4 Å². The Morgan fingerprint density at radius 3 is 2.02 bits per heavy atom. The molecule has 1 aliphatic heterocycles. The highest BCUT2D eigenvalue weighted by molar-refractivity contribution is 6.03. The molecule has 1 aromatic carbocycles. The number of anilines is 1. The second-order valence-electron chi connectivity index (χ2n) is 8.70. The van der Waals surface area contributed by atoms with Gasteiger partial charge in [-0.1, -0.05) is 12.1 Å². The monoisotopic (exact) mass is 579 g/mol. The molecular weight excluding hydrogens is 552 g/mol. The zero-order valence-corrected chi connectivity index (χ0v) is 20.9. The van der Waals surface area contributed by atoms with Gasteiger partial charge in [0.25, 0.3) is 5.91 Å². The molecule has 10 nitrogen and oxygen atoms in total. The quantitative estimate of drug-likeness (QED) is 0.325. The molecule has 1 aromatic heterocycles. The molecule has 0 spiro atoms. The Labute approximate surface area is 223 Å². The molecule has 2 aromatic rings. The molecule has 220 valence electrons. The average Bonchev–Trinajstić information content (AvgIpc) is 3.45. The number of piperidine rings is 1. The molecule has 1 amide bonds. The number of benzene rings is 1. The summed E-state index contributed by atoms with van der Waals surface area (Å²) in [5.74, 6) is -4.94. The number of aromatic amines is 1. The van der Waals surface area contributed by atoms with Crippen molar-refractivity contribution in [1.29, 1.82) is 0 Å². The number of halogens is 6. The van der Waals surface area contributed by atoms with E-state index in [1.165, 1.54) is 43.1 Å². The third-order valence-electron chi connectivity index (χ3n) is 5.85. The number of alkyl halides is 6. The summed E-state index contributed by atoms with van der Waals surface area (Å²) in [6, 6.07) is 6.51. The number of hydrogen-bond donors (Lipinski definition) is 5. The number of carbonyl (C=O) groups excluding carboxylic acids is 1. The second-order valence-corrected chi connectivity index (χ2v) is 8.70. The molecule has 0 radical (unpaired) electrons. The van der Waals surface area contributed by atoms with Crippen molar-refractivity contribution in [3.63, 3.8) is 0 Å². The van der Waals surface area contributed by atoms with Crippen LogP contribution in [0.4, 0.5) is 32.0 Å². The van der Waals surface area contributed by atoms with Crippen molar-refractivity contribution in [3.05, 3.63) is 47.6 Å². The summed E-state index contributed by atoms with van der Waals surface area (Å²) in [6.07, 6.45) is 0.485. The summed E-state index contributed by atoms with van der Waals surface area (Å²) >= 11 is 0. The first-order chi connectivity index (χ1) is 18.7. The number of amides is 1. The van der Waals surface area contributed by atoms with Gasteiger partial charge in [0.2, 0.25) is 5.82 Å². The lowest BCUT2D eigenvalue weighted by atomic mass is 9.86. The molecule has 1 aliphatic carbocycles. The van der Waals surface area contributed by atoms with Gasteiger partial charge in [-0.25, -0.2) is 14.6 Å². The van der Waals surface area contributed by atoms with Crippen LogP contribution in [0.5, 0.6) is 0 Å². The highest BCUT2D eigenvalue weighted by atomic mass is 19.4. The Balaban J connectivity index is 0.000000333. The van der Waals surface area contributed by atoms with Crippen LogP contribution in [0.25, 0.3) is 5.57 Å². The molecule has 2 heterocycles. The number of carboxylic acids is 2. The number of H-pyrrole nitrogens is 1. The minimum absolute atomic E-state index is 0.232. The van der Waals surface area contributed by atoms with Crippen LogP contribution in [0.1, 0.15) is 66.2 Å². The number of carbonyl (C=O) groups is 3. The van der Waals surface area contributed by atoms with E-state index in [0.717, 1.165) is 37.2 Å². The normalized spacial score (nSPS) is 15.9. The number of hydrogen-bond acceptors (Lipinski definition) is 6. The van der Waals surface area contributed by atoms with Gasteiger partial charge in [-0.15, -0.1) is 0 Å². The molecule has 1 saturated heterocycles. The Morgan fingerprint density at radius 2 is 1.55 bits per heavy atom. The summed E-state index contributed by atoms with van der Waals surface area (Å²) in [6.45, 7) is 2.15. The zero-order chi connectivity index (χ0) is 29.9. The first kappa shape index (κ1) is 32.3. The van der Waals surface area contributed by atoms with Crippen LogP contribution in [0.15, 0.2) is 30.6 Å². The van der Waals surface area contributed by atoms with Crippen LogP contribution in [-0.4, -0.2) is 68.7 Å². The molecule has 1 fully saturated rings. The number of aliphatic carboxylic acids is 2. The standard InChI is InChI=1S/C20H25N5O.2C2HF3O2/c26-20(19-22-13-23-25-19)24-18-7-6-16(14-8-10-21-11-9-14)12-17(18)15-4-2-1-3-5-15;2*3-2(4,5)1(6)7/h4,6-7,12-14,21H,1-3,5,8-11H2,(H,24,26)(H,22,23,25);2*(H,6,7). The van der Waals surface area contributed by atoms with Crippen LogP contribution in [-0.2, 0) is 9.59 Å². The number of aromatic nitrogens is 3. The lowest BCUT2D eigenvalue weighted by Gasteiger charge is -2.25. The number of carboxylic acid groups (broad SMARTS) is 2. The Hall–Kier alpha value is -3.95. The minimum Gasteiger partial charge on any atom is -0.475 e. The molecule has 0 unspecified atom stereocenters. The van der Waals surface area contributed by atoms with Gasteiger partial charge in [0, 0.05) is 11.3 Å². The summed E-state index contributed by atoms with van der Waals surface area (Å²) in [5, 5.41) is 27.1. The van der Waals surface area contributed by atoms with Crippen molar-refractivity contribution in [3.8, 4) is 0 Å². The molecule has 40 heavy (non-hydrogen) atoms. The van der Waals surface area contributed by atoms with Gasteiger partial charge in [-0.05, 0) is 80.8 Å². The minimum atomic E-state index is -5.08. The van der Waals surface area contributed by atoms with Gasteiger partial charge in [-0.2, -0.15) is 31.4 Å².